The molecule has 2 rings (SSSR count). The summed E-state index contributed by atoms with van der Waals surface area (Å²) in [6.07, 6.45) is 2.53. The smallest absolute Gasteiger partial charge is 0.144 e. The SMILES string of the molecule is CCC1=NN(c2cccc(Cl)c2)C(C=O)C1. The Morgan fingerprint density at radius 1 is 1.62 bits per heavy atom. The van der Waals surface area contributed by atoms with Crippen LogP contribution in [0.5, 0.6) is 0 Å². The summed E-state index contributed by atoms with van der Waals surface area (Å²) in [6.45, 7) is 2.04. The number of aldehydes is 1. The predicted octanol–water partition coefficient (Wildman–Crippen LogP) is 2.88. The van der Waals surface area contributed by atoms with E-state index in [4.69, 9.17) is 11.6 Å². The first-order valence-electron chi connectivity index (χ1n) is 5.31. The topological polar surface area (TPSA) is 32.7 Å². The zero-order valence-electron chi connectivity index (χ0n) is 9.06. The van der Waals surface area contributed by atoms with Crippen molar-refractivity contribution in [3.8, 4) is 0 Å². The summed E-state index contributed by atoms with van der Waals surface area (Å²) in [6, 6.07) is 7.21. The second-order valence-corrected chi connectivity index (χ2v) is 4.19. The van der Waals surface area contributed by atoms with Gasteiger partial charge in [0.2, 0.25) is 0 Å². The average Bonchev–Trinajstić information content (AvgIpc) is 2.72. The molecule has 1 aromatic carbocycles. The van der Waals surface area contributed by atoms with Gasteiger partial charge in [0, 0.05) is 17.2 Å². The fourth-order valence-corrected chi connectivity index (χ4v) is 1.97. The molecule has 1 atom stereocenters. The van der Waals surface area contributed by atoms with Crippen LogP contribution in [-0.4, -0.2) is 18.0 Å². The van der Waals surface area contributed by atoms with Crippen LogP contribution in [0.3, 0.4) is 0 Å². The molecule has 1 aromatic rings. The molecule has 0 bridgehead atoms. The van der Waals surface area contributed by atoms with Gasteiger partial charge in [-0.05, 0) is 24.6 Å². The van der Waals surface area contributed by atoms with Crippen LogP contribution in [0.4, 0.5) is 5.69 Å². The van der Waals surface area contributed by atoms with Gasteiger partial charge in [0.05, 0.1) is 5.69 Å². The van der Waals surface area contributed by atoms with E-state index in [1.165, 1.54) is 0 Å². The van der Waals surface area contributed by atoms with Crippen LogP contribution in [0.1, 0.15) is 19.8 Å². The molecule has 1 heterocycles. The largest absolute Gasteiger partial charge is 0.301 e. The molecule has 84 valence electrons. The highest BCUT2D eigenvalue weighted by atomic mass is 35.5. The highest BCUT2D eigenvalue weighted by molar-refractivity contribution is 6.30. The van der Waals surface area contributed by atoms with Crippen LogP contribution in [0.2, 0.25) is 5.02 Å². The van der Waals surface area contributed by atoms with Gasteiger partial charge >= 0.3 is 0 Å². The van der Waals surface area contributed by atoms with Crippen LogP contribution in [-0.2, 0) is 4.79 Å². The number of carbonyl (C=O) groups excluding carboxylic acids is 1. The second kappa shape index (κ2) is 4.66. The molecule has 1 aliphatic heterocycles. The summed E-state index contributed by atoms with van der Waals surface area (Å²) < 4.78 is 0. The maximum Gasteiger partial charge on any atom is 0.144 e. The van der Waals surface area contributed by atoms with Crippen molar-refractivity contribution < 1.29 is 4.79 Å². The summed E-state index contributed by atoms with van der Waals surface area (Å²) in [5.74, 6) is 0. The third-order valence-corrected chi connectivity index (χ3v) is 2.88. The molecule has 0 fully saturated rings. The minimum absolute atomic E-state index is 0.187. The first kappa shape index (κ1) is 11.1. The van der Waals surface area contributed by atoms with Gasteiger partial charge in [0.1, 0.15) is 12.3 Å². The van der Waals surface area contributed by atoms with Crippen molar-refractivity contribution in [1.82, 2.24) is 0 Å². The van der Waals surface area contributed by atoms with Crippen molar-refractivity contribution in [2.24, 2.45) is 5.10 Å². The lowest BCUT2D eigenvalue weighted by molar-refractivity contribution is -0.108. The van der Waals surface area contributed by atoms with E-state index in [-0.39, 0.29) is 6.04 Å². The molecule has 1 aliphatic rings. The molecule has 0 saturated carbocycles. The molecule has 0 aliphatic carbocycles. The maximum atomic E-state index is 11.0. The number of rotatable bonds is 3. The lowest BCUT2D eigenvalue weighted by Gasteiger charge is -2.18. The van der Waals surface area contributed by atoms with E-state index in [2.05, 4.69) is 5.10 Å². The summed E-state index contributed by atoms with van der Waals surface area (Å²) in [5.41, 5.74) is 1.92. The van der Waals surface area contributed by atoms with Crippen LogP contribution in [0.25, 0.3) is 0 Å². The first-order valence-corrected chi connectivity index (χ1v) is 5.69. The third kappa shape index (κ3) is 2.09. The number of hydrogen-bond donors (Lipinski definition) is 0. The highest BCUT2D eigenvalue weighted by Crippen LogP contribution is 2.26. The van der Waals surface area contributed by atoms with Crippen LogP contribution in [0, 0.1) is 0 Å². The molecule has 3 nitrogen and oxygen atoms in total. The summed E-state index contributed by atoms with van der Waals surface area (Å²) in [7, 11) is 0. The van der Waals surface area contributed by atoms with Crippen LogP contribution in [0.15, 0.2) is 29.4 Å². The molecule has 0 spiro atoms. The molecular formula is C12H13ClN2O. The molecule has 0 saturated heterocycles. The summed E-state index contributed by atoms with van der Waals surface area (Å²) in [5, 5.41) is 6.83. The van der Waals surface area contributed by atoms with Crippen LogP contribution >= 0.6 is 11.6 Å². The normalized spacial score (nSPS) is 19.8. The fourth-order valence-electron chi connectivity index (χ4n) is 1.78. The zero-order valence-corrected chi connectivity index (χ0v) is 9.81. The number of halogens is 1. The number of carbonyl (C=O) groups is 1. The zero-order chi connectivity index (χ0) is 11.5. The Balaban J connectivity index is 2.31. The first-order chi connectivity index (χ1) is 7.74. The van der Waals surface area contributed by atoms with Gasteiger partial charge in [-0.25, -0.2) is 0 Å². The summed E-state index contributed by atoms with van der Waals surface area (Å²) in [4.78, 5) is 11.0. The van der Waals surface area contributed by atoms with Gasteiger partial charge in [-0.3, -0.25) is 5.01 Å². The Kier molecular flexibility index (Phi) is 3.25. The van der Waals surface area contributed by atoms with E-state index in [1.54, 1.807) is 5.01 Å². The maximum absolute atomic E-state index is 11.0. The van der Waals surface area contributed by atoms with Gasteiger partial charge in [0.15, 0.2) is 0 Å². The van der Waals surface area contributed by atoms with Gasteiger partial charge in [-0.15, -0.1) is 0 Å². The van der Waals surface area contributed by atoms with Crippen molar-refractivity contribution >= 4 is 29.3 Å². The van der Waals surface area contributed by atoms with E-state index in [0.29, 0.717) is 11.4 Å². The highest BCUT2D eigenvalue weighted by Gasteiger charge is 2.26. The molecule has 0 amide bonds. The number of nitrogens with zero attached hydrogens (tertiary/aromatic N) is 2. The van der Waals surface area contributed by atoms with E-state index in [0.717, 1.165) is 24.1 Å². The Bertz CT molecular complexity index is 431. The van der Waals surface area contributed by atoms with Gasteiger partial charge in [-0.2, -0.15) is 5.10 Å². The van der Waals surface area contributed by atoms with Gasteiger partial charge < -0.3 is 4.79 Å². The standard InChI is InChI=1S/C12H13ClN2O/c1-2-10-7-12(8-16)15(14-10)11-5-3-4-9(13)6-11/h3-6,8,12H,2,7H2,1H3. The van der Waals surface area contributed by atoms with E-state index >= 15 is 0 Å². The second-order valence-electron chi connectivity index (χ2n) is 3.75. The number of benzene rings is 1. The Labute approximate surface area is 99.7 Å². The van der Waals surface area contributed by atoms with Gasteiger partial charge in [0.25, 0.3) is 0 Å². The third-order valence-electron chi connectivity index (χ3n) is 2.65. The molecule has 0 radical (unpaired) electrons. The lowest BCUT2D eigenvalue weighted by atomic mass is 10.1. The Morgan fingerprint density at radius 2 is 2.44 bits per heavy atom. The van der Waals surface area contributed by atoms with E-state index in [1.807, 2.05) is 31.2 Å². The number of anilines is 1. The van der Waals surface area contributed by atoms with Crippen molar-refractivity contribution in [2.45, 2.75) is 25.8 Å². The van der Waals surface area contributed by atoms with E-state index < -0.39 is 0 Å². The van der Waals surface area contributed by atoms with Crippen molar-refractivity contribution in [3.05, 3.63) is 29.3 Å². The molecule has 4 heteroatoms. The van der Waals surface area contributed by atoms with Crippen molar-refractivity contribution in [1.29, 1.82) is 0 Å². The van der Waals surface area contributed by atoms with Gasteiger partial charge in [-0.1, -0.05) is 24.6 Å². The molecule has 1 unspecified atom stereocenters. The van der Waals surface area contributed by atoms with Crippen molar-refractivity contribution in [3.63, 3.8) is 0 Å². The Morgan fingerprint density at radius 3 is 3.06 bits per heavy atom. The monoisotopic (exact) mass is 236 g/mol. The van der Waals surface area contributed by atoms with Crippen LogP contribution < -0.4 is 5.01 Å². The minimum Gasteiger partial charge on any atom is -0.301 e. The number of hydrogen-bond acceptors (Lipinski definition) is 3. The molecule has 0 aromatic heterocycles. The molecular weight excluding hydrogens is 224 g/mol. The summed E-state index contributed by atoms with van der Waals surface area (Å²) >= 11 is 5.92. The Hall–Kier alpha value is -1.35. The molecule has 0 N–H and O–H groups in total. The lowest BCUT2D eigenvalue weighted by Crippen LogP contribution is -2.27. The average molecular weight is 237 g/mol. The van der Waals surface area contributed by atoms with Crippen molar-refractivity contribution in [2.75, 3.05) is 5.01 Å². The quantitative estimate of drug-likeness (QED) is 0.756. The van der Waals surface area contributed by atoms with E-state index in [9.17, 15) is 4.79 Å². The fraction of sp³-hybridized carbons (Fsp3) is 0.333. The number of hydrazone groups is 1. The molecule has 16 heavy (non-hydrogen) atoms. The predicted molar refractivity (Wildman–Crippen MR) is 66.1 cm³/mol. The minimum atomic E-state index is -0.187.